The van der Waals surface area contributed by atoms with Crippen molar-refractivity contribution < 1.29 is 14.6 Å². The van der Waals surface area contributed by atoms with Gasteiger partial charge in [-0.1, -0.05) is 0 Å². The molecule has 0 bridgehead atoms. The summed E-state index contributed by atoms with van der Waals surface area (Å²) in [6.45, 7) is 6.08. The van der Waals surface area contributed by atoms with Crippen LogP contribution in [-0.4, -0.2) is 65.8 Å². The Balaban J connectivity index is 2.30. The van der Waals surface area contributed by atoms with Crippen molar-refractivity contribution in [1.82, 2.24) is 14.9 Å². The Hall–Kier alpha value is -1.77. The molecule has 0 fully saturated rings. The lowest BCUT2D eigenvalue weighted by Crippen LogP contribution is -2.33. The minimum Gasteiger partial charge on any atom is -0.395 e. The van der Waals surface area contributed by atoms with Crippen LogP contribution in [0.5, 0.6) is 0 Å². The second kappa shape index (κ2) is 8.91. The SMILES string of the molecule is CCN(CCO)C(=O)c1sc2ncnc(NCCCOC)c2c1C. The molecule has 0 aliphatic carbocycles. The highest BCUT2D eigenvalue weighted by Gasteiger charge is 2.22. The lowest BCUT2D eigenvalue weighted by atomic mass is 10.2. The number of aliphatic hydroxyl groups excluding tert-OH is 1. The first kappa shape index (κ1) is 18.6. The number of anilines is 1. The van der Waals surface area contributed by atoms with Gasteiger partial charge in [-0.3, -0.25) is 4.79 Å². The van der Waals surface area contributed by atoms with Crippen LogP contribution in [0.2, 0.25) is 0 Å². The molecule has 1 amide bonds. The maximum Gasteiger partial charge on any atom is 0.264 e. The molecule has 0 aromatic carbocycles. The second-order valence-electron chi connectivity index (χ2n) is 5.34. The van der Waals surface area contributed by atoms with Gasteiger partial charge in [-0.2, -0.15) is 0 Å². The van der Waals surface area contributed by atoms with E-state index >= 15 is 0 Å². The molecule has 0 radical (unpaired) electrons. The van der Waals surface area contributed by atoms with Crippen molar-refractivity contribution in [3.05, 3.63) is 16.8 Å². The van der Waals surface area contributed by atoms with Crippen LogP contribution in [-0.2, 0) is 4.74 Å². The highest BCUT2D eigenvalue weighted by molar-refractivity contribution is 7.20. The van der Waals surface area contributed by atoms with Gasteiger partial charge in [0.05, 0.1) is 16.9 Å². The standard InChI is InChI=1S/C16H24N4O3S/c1-4-20(7-8-21)16(22)13-11(2)12-14(17-6-5-9-23-3)18-10-19-15(12)24-13/h10,21H,4-9H2,1-3H3,(H,17,18,19). The third kappa shape index (κ3) is 4.00. The van der Waals surface area contributed by atoms with E-state index in [0.717, 1.165) is 34.6 Å². The van der Waals surface area contributed by atoms with Crippen molar-refractivity contribution in [3.63, 3.8) is 0 Å². The summed E-state index contributed by atoms with van der Waals surface area (Å²) < 4.78 is 5.05. The number of thiophene rings is 1. The number of hydrogen-bond acceptors (Lipinski definition) is 7. The molecule has 2 aromatic rings. The zero-order chi connectivity index (χ0) is 17.5. The van der Waals surface area contributed by atoms with E-state index in [4.69, 9.17) is 9.84 Å². The van der Waals surface area contributed by atoms with Gasteiger partial charge in [-0.15, -0.1) is 11.3 Å². The summed E-state index contributed by atoms with van der Waals surface area (Å²) in [4.78, 5) is 24.4. The van der Waals surface area contributed by atoms with Gasteiger partial charge in [0, 0.05) is 33.4 Å². The van der Waals surface area contributed by atoms with Gasteiger partial charge in [0.25, 0.3) is 5.91 Å². The first-order chi connectivity index (χ1) is 11.6. The molecule has 0 saturated heterocycles. The number of fused-ring (bicyclic) bond motifs is 1. The summed E-state index contributed by atoms with van der Waals surface area (Å²) in [5, 5.41) is 13.3. The third-order valence-corrected chi connectivity index (χ3v) is 4.97. The van der Waals surface area contributed by atoms with Crippen LogP contribution < -0.4 is 5.32 Å². The largest absolute Gasteiger partial charge is 0.395 e. The monoisotopic (exact) mass is 352 g/mol. The minimum absolute atomic E-state index is 0.0460. The van der Waals surface area contributed by atoms with Crippen molar-refractivity contribution in [1.29, 1.82) is 0 Å². The number of carbonyl (C=O) groups is 1. The van der Waals surface area contributed by atoms with Crippen LogP contribution >= 0.6 is 11.3 Å². The van der Waals surface area contributed by atoms with Gasteiger partial charge in [0.1, 0.15) is 17.0 Å². The van der Waals surface area contributed by atoms with Crippen LogP contribution in [0.15, 0.2) is 6.33 Å². The summed E-state index contributed by atoms with van der Waals surface area (Å²) in [6.07, 6.45) is 2.38. The number of likely N-dealkylation sites (N-methyl/N-ethyl adjacent to an activating group) is 1. The lowest BCUT2D eigenvalue weighted by Gasteiger charge is -2.19. The number of hydrogen-bond donors (Lipinski definition) is 2. The predicted octanol–water partition coefficient (Wildman–Crippen LogP) is 1.90. The molecule has 24 heavy (non-hydrogen) atoms. The molecule has 8 heteroatoms. The van der Waals surface area contributed by atoms with Crippen molar-refractivity contribution >= 4 is 33.3 Å². The maximum absolute atomic E-state index is 12.7. The molecule has 0 saturated carbocycles. The smallest absolute Gasteiger partial charge is 0.264 e. The van der Waals surface area contributed by atoms with E-state index in [1.165, 1.54) is 17.7 Å². The third-order valence-electron chi connectivity index (χ3n) is 3.78. The van der Waals surface area contributed by atoms with E-state index in [0.29, 0.717) is 24.6 Å². The Bertz CT molecular complexity index is 689. The number of ether oxygens (including phenoxy) is 1. The normalized spacial score (nSPS) is 11.0. The summed E-state index contributed by atoms with van der Waals surface area (Å²) in [6, 6.07) is 0. The number of aromatic nitrogens is 2. The van der Waals surface area contributed by atoms with Gasteiger partial charge in [-0.05, 0) is 25.8 Å². The quantitative estimate of drug-likeness (QED) is 0.670. The average molecular weight is 352 g/mol. The van der Waals surface area contributed by atoms with Crippen molar-refractivity contribution in [2.45, 2.75) is 20.3 Å². The lowest BCUT2D eigenvalue weighted by molar-refractivity contribution is 0.0736. The van der Waals surface area contributed by atoms with Crippen molar-refractivity contribution in [2.75, 3.05) is 45.3 Å². The number of nitrogens with zero attached hydrogens (tertiary/aromatic N) is 3. The average Bonchev–Trinajstić information content (AvgIpc) is 2.93. The first-order valence-electron chi connectivity index (χ1n) is 8.01. The predicted molar refractivity (Wildman–Crippen MR) is 95.8 cm³/mol. The molecule has 132 valence electrons. The van der Waals surface area contributed by atoms with E-state index in [9.17, 15) is 4.79 Å². The van der Waals surface area contributed by atoms with Crippen LogP contribution in [0.4, 0.5) is 5.82 Å². The molecule has 2 rings (SSSR count). The van der Waals surface area contributed by atoms with E-state index in [-0.39, 0.29) is 12.5 Å². The highest BCUT2D eigenvalue weighted by Crippen LogP contribution is 2.33. The molecule has 2 aromatic heterocycles. The fourth-order valence-electron chi connectivity index (χ4n) is 2.50. The molecular weight excluding hydrogens is 328 g/mol. The molecule has 0 aliphatic rings. The Morgan fingerprint density at radius 1 is 1.46 bits per heavy atom. The Morgan fingerprint density at radius 2 is 2.25 bits per heavy atom. The zero-order valence-corrected chi connectivity index (χ0v) is 15.2. The van der Waals surface area contributed by atoms with E-state index in [1.54, 1.807) is 12.0 Å². The molecule has 7 nitrogen and oxygen atoms in total. The van der Waals surface area contributed by atoms with Crippen molar-refractivity contribution in [3.8, 4) is 0 Å². The van der Waals surface area contributed by atoms with Gasteiger partial charge >= 0.3 is 0 Å². The molecule has 2 heterocycles. The molecule has 2 N–H and O–H groups in total. The number of rotatable bonds is 9. The highest BCUT2D eigenvalue weighted by atomic mass is 32.1. The van der Waals surface area contributed by atoms with Gasteiger partial charge < -0.3 is 20.1 Å². The molecular formula is C16H24N4O3S. The Labute approximate surface area is 145 Å². The maximum atomic E-state index is 12.7. The fraction of sp³-hybridized carbons (Fsp3) is 0.562. The second-order valence-corrected chi connectivity index (χ2v) is 6.34. The topological polar surface area (TPSA) is 87.6 Å². The van der Waals surface area contributed by atoms with E-state index in [1.807, 2.05) is 13.8 Å². The zero-order valence-electron chi connectivity index (χ0n) is 14.3. The van der Waals surface area contributed by atoms with Crippen LogP contribution in [0.25, 0.3) is 10.2 Å². The summed E-state index contributed by atoms with van der Waals surface area (Å²) in [7, 11) is 1.68. The summed E-state index contributed by atoms with van der Waals surface area (Å²) in [5.74, 6) is 0.673. The Kier molecular flexibility index (Phi) is 6.89. The number of aliphatic hydroxyl groups is 1. The van der Waals surface area contributed by atoms with E-state index in [2.05, 4.69) is 15.3 Å². The van der Waals surface area contributed by atoms with Gasteiger partial charge in [-0.25, -0.2) is 9.97 Å². The number of nitrogens with one attached hydrogen (secondary N) is 1. The van der Waals surface area contributed by atoms with Crippen LogP contribution in [0.1, 0.15) is 28.6 Å². The summed E-state index contributed by atoms with van der Waals surface area (Å²) >= 11 is 1.37. The van der Waals surface area contributed by atoms with Gasteiger partial charge in [0.2, 0.25) is 0 Å². The molecule has 0 spiro atoms. The molecule has 0 atom stereocenters. The number of carbonyl (C=O) groups excluding carboxylic acids is 1. The number of aryl methyl sites for hydroxylation is 1. The number of amides is 1. The van der Waals surface area contributed by atoms with Crippen molar-refractivity contribution in [2.24, 2.45) is 0 Å². The van der Waals surface area contributed by atoms with Crippen LogP contribution in [0, 0.1) is 6.92 Å². The van der Waals surface area contributed by atoms with Crippen LogP contribution in [0.3, 0.4) is 0 Å². The molecule has 0 unspecified atom stereocenters. The Morgan fingerprint density at radius 3 is 2.92 bits per heavy atom. The summed E-state index contributed by atoms with van der Waals surface area (Å²) in [5.41, 5.74) is 0.881. The molecule has 0 aliphatic heterocycles. The number of methoxy groups -OCH3 is 1. The minimum atomic E-state index is -0.0719. The fourth-order valence-corrected chi connectivity index (χ4v) is 3.62. The van der Waals surface area contributed by atoms with E-state index < -0.39 is 0 Å². The van der Waals surface area contributed by atoms with Gasteiger partial charge in [0.15, 0.2) is 0 Å². The first-order valence-corrected chi connectivity index (χ1v) is 8.82.